The Hall–Kier alpha value is -3.10. The number of allylic oxidation sites excluding steroid dienone is 1. The van der Waals surface area contributed by atoms with Crippen LogP contribution in [0.2, 0.25) is 5.02 Å². The standard InChI is InChI=1S/C25H26ClN5O2S/c1-3-14-31-23(21-9-6-15-30(21)24(33)18-10-12-19(26)13-11-18)28-29-25(31)34-16-22(32)27-20-8-5-4-7-17(20)2/h3-5,7-8,10-13,21H,1,6,9,14-16H2,2H3,(H,27,32). The third-order valence-corrected chi connectivity index (χ3v) is 6.93. The van der Waals surface area contributed by atoms with E-state index in [1.54, 1.807) is 30.3 Å². The fourth-order valence-corrected chi connectivity index (χ4v) is 4.90. The van der Waals surface area contributed by atoms with E-state index in [-0.39, 0.29) is 23.6 Å². The van der Waals surface area contributed by atoms with E-state index in [0.29, 0.717) is 34.7 Å². The van der Waals surface area contributed by atoms with E-state index >= 15 is 0 Å². The average Bonchev–Trinajstić information content (AvgIpc) is 3.46. The van der Waals surface area contributed by atoms with Gasteiger partial charge in [0.05, 0.1) is 11.8 Å². The Balaban J connectivity index is 1.49. The van der Waals surface area contributed by atoms with Crippen LogP contribution >= 0.6 is 23.4 Å². The summed E-state index contributed by atoms with van der Waals surface area (Å²) in [5.74, 6) is 0.733. The van der Waals surface area contributed by atoms with Gasteiger partial charge in [0.2, 0.25) is 5.91 Å². The number of benzene rings is 2. The average molecular weight is 496 g/mol. The van der Waals surface area contributed by atoms with Gasteiger partial charge in [-0.2, -0.15) is 0 Å². The third-order valence-electron chi connectivity index (χ3n) is 5.71. The summed E-state index contributed by atoms with van der Waals surface area (Å²) >= 11 is 7.30. The highest BCUT2D eigenvalue weighted by Crippen LogP contribution is 2.34. The zero-order valence-corrected chi connectivity index (χ0v) is 20.5. The van der Waals surface area contributed by atoms with Crippen LogP contribution in [-0.4, -0.2) is 43.8 Å². The molecule has 1 N–H and O–H groups in total. The van der Waals surface area contributed by atoms with Crippen LogP contribution in [0.25, 0.3) is 0 Å². The molecular weight excluding hydrogens is 470 g/mol. The Morgan fingerprint density at radius 3 is 2.71 bits per heavy atom. The van der Waals surface area contributed by atoms with Gasteiger partial charge in [0.1, 0.15) is 0 Å². The van der Waals surface area contributed by atoms with Crippen molar-refractivity contribution in [3.8, 4) is 0 Å². The number of nitrogens with zero attached hydrogens (tertiary/aromatic N) is 4. The van der Waals surface area contributed by atoms with Crippen LogP contribution in [0.3, 0.4) is 0 Å². The highest BCUT2D eigenvalue weighted by molar-refractivity contribution is 7.99. The highest BCUT2D eigenvalue weighted by atomic mass is 35.5. The van der Waals surface area contributed by atoms with Crippen molar-refractivity contribution in [2.45, 2.75) is 37.5 Å². The van der Waals surface area contributed by atoms with Gasteiger partial charge in [-0.15, -0.1) is 16.8 Å². The first kappa shape index (κ1) is 24.0. The molecule has 1 aromatic heterocycles. The molecule has 3 aromatic rings. The summed E-state index contributed by atoms with van der Waals surface area (Å²) in [5, 5.41) is 12.9. The topological polar surface area (TPSA) is 80.1 Å². The number of halogens is 1. The summed E-state index contributed by atoms with van der Waals surface area (Å²) in [6.45, 7) is 6.95. The molecule has 1 aliphatic heterocycles. The summed E-state index contributed by atoms with van der Waals surface area (Å²) in [5.41, 5.74) is 2.39. The van der Waals surface area contributed by atoms with Crippen LogP contribution < -0.4 is 5.32 Å². The number of carbonyl (C=O) groups excluding carboxylic acids is 2. The van der Waals surface area contributed by atoms with E-state index in [9.17, 15) is 9.59 Å². The molecule has 2 aromatic carbocycles. The summed E-state index contributed by atoms with van der Waals surface area (Å²) in [6, 6.07) is 14.4. The molecule has 4 rings (SSSR count). The number of hydrogen-bond acceptors (Lipinski definition) is 5. The van der Waals surface area contributed by atoms with Crippen molar-refractivity contribution in [3.63, 3.8) is 0 Å². The molecule has 0 aliphatic carbocycles. The molecule has 1 unspecified atom stereocenters. The maximum atomic E-state index is 13.2. The van der Waals surface area contributed by atoms with Crippen molar-refractivity contribution >= 4 is 40.9 Å². The van der Waals surface area contributed by atoms with E-state index in [0.717, 1.165) is 24.1 Å². The summed E-state index contributed by atoms with van der Waals surface area (Å²) in [7, 11) is 0. The Labute approximate surface area is 208 Å². The lowest BCUT2D eigenvalue weighted by molar-refractivity contribution is -0.113. The number of carbonyl (C=O) groups is 2. The smallest absolute Gasteiger partial charge is 0.254 e. The predicted octanol–water partition coefficient (Wildman–Crippen LogP) is 5.13. The van der Waals surface area contributed by atoms with Crippen molar-refractivity contribution in [3.05, 3.63) is 83.2 Å². The Bertz CT molecular complexity index is 1190. The van der Waals surface area contributed by atoms with Crippen molar-refractivity contribution in [2.24, 2.45) is 0 Å². The Kier molecular flexibility index (Phi) is 7.70. The molecule has 0 spiro atoms. The monoisotopic (exact) mass is 495 g/mol. The first-order valence-electron chi connectivity index (χ1n) is 11.1. The molecule has 2 heterocycles. The lowest BCUT2D eigenvalue weighted by atomic mass is 10.1. The fourth-order valence-electron chi connectivity index (χ4n) is 4.02. The minimum Gasteiger partial charge on any atom is -0.328 e. The number of aryl methyl sites for hydroxylation is 1. The normalized spacial score (nSPS) is 15.4. The number of para-hydroxylation sites is 1. The van der Waals surface area contributed by atoms with Crippen LogP contribution in [0.1, 0.15) is 40.6 Å². The third kappa shape index (κ3) is 5.34. The van der Waals surface area contributed by atoms with Crippen molar-refractivity contribution in [1.82, 2.24) is 19.7 Å². The zero-order chi connectivity index (χ0) is 24.1. The van der Waals surface area contributed by atoms with Gasteiger partial charge in [-0.25, -0.2) is 0 Å². The predicted molar refractivity (Wildman–Crippen MR) is 135 cm³/mol. The molecule has 1 saturated heterocycles. The van der Waals surface area contributed by atoms with Gasteiger partial charge in [-0.3, -0.25) is 9.59 Å². The van der Waals surface area contributed by atoms with Gasteiger partial charge >= 0.3 is 0 Å². The highest BCUT2D eigenvalue weighted by Gasteiger charge is 2.34. The number of anilines is 1. The van der Waals surface area contributed by atoms with E-state index < -0.39 is 0 Å². The van der Waals surface area contributed by atoms with Crippen LogP contribution in [0.15, 0.2) is 66.3 Å². The summed E-state index contributed by atoms with van der Waals surface area (Å²) < 4.78 is 1.94. The van der Waals surface area contributed by atoms with E-state index in [4.69, 9.17) is 11.6 Å². The fraction of sp³-hybridized carbons (Fsp3) is 0.280. The van der Waals surface area contributed by atoms with Crippen molar-refractivity contribution in [1.29, 1.82) is 0 Å². The molecular formula is C25H26ClN5O2S. The minimum atomic E-state index is -0.189. The van der Waals surface area contributed by atoms with Crippen LogP contribution in [-0.2, 0) is 11.3 Å². The molecule has 1 fully saturated rings. The van der Waals surface area contributed by atoms with Gasteiger partial charge < -0.3 is 14.8 Å². The molecule has 1 aliphatic rings. The Morgan fingerprint density at radius 1 is 1.21 bits per heavy atom. The first-order chi connectivity index (χ1) is 16.5. The maximum Gasteiger partial charge on any atom is 0.254 e. The number of rotatable bonds is 8. The van der Waals surface area contributed by atoms with Crippen LogP contribution in [0.4, 0.5) is 5.69 Å². The number of nitrogens with one attached hydrogen (secondary N) is 1. The van der Waals surface area contributed by atoms with Gasteiger partial charge in [0.25, 0.3) is 5.91 Å². The molecule has 9 heteroatoms. The van der Waals surface area contributed by atoms with Gasteiger partial charge in [-0.05, 0) is 55.7 Å². The summed E-state index contributed by atoms with van der Waals surface area (Å²) in [6.07, 6.45) is 3.45. The number of amides is 2. The lowest BCUT2D eigenvalue weighted by Gasteiger charge is -2.24. The summed E-state index contributed by atoms with van der Waals surface area (Å²) in [4.78, 5) is 27.5. The maximum absolute atomic E-state index is 13.2. The molecule has 0 bridgehead atoms. The molecule has 34 heavy (non-hydrogen) atoms. The largest absolute Gasteiger partial charge is 0.328 e. The van der Waals surface area contributed by atoms with Gasteiger partial charge in [-0.1, -0.05) is 47.6 Å². The van der Waals surface area contributed by atoms with Crippen LogP contribution in [0, 0.1) is 6.92 Å². The zero-order valence-electron chi connectivity index (χ0n) is 18.9. The molecule has 7 nitrogen and oxygen atoms in total. The quantitative estimate of drug-likeness (QED) is 0.346. The second kappa shape index (κ2) is 10.9. The van der Waals surface area contributed by atoms with Crippen LogP contribution in [0.5, 0.6) is 0 Å². The minimum absolute atomic E-state index is 0.0564. The molecule has 0 saturated carbocycles. The van der Waals surface area contributed by atoms with E-state index in [2.05, 4.69) is 22.1 Å². The lowest BCUT2D eigenvalue weighted by Crippen LogP contribution is -2.32. The number of aromatic nitrogens is 3. The number of thioether (sulfide) groups is 1. The van der Waals surface area contributed by atoms with Crippen molar-refractivity contribution in [2.75, 3.05) is 17.6 Å². The second-order valence-electron chi connectivity index (χ2n) is 8.06. The van der Waals surface area contributed by atoms with Gasteiger partial charge in [0, 0.05) is 29.4 Å². The van der Waals surface area contributed by atoms with Crippen molar-refractivity contribution < 1.29 is 9.59 Å². The number of hydrogen-bond donors (Lipinski definition) is 1. The molecule has 0 radical (unpaired) electrons. The van der Waals surface area contributed by atoms with Gasteiger partial charge in [0.15, 0.2) is 11.0 Å². The molecule has 2 amide bonds. The van der Waals surface area contributed by atoms with E-state index in [1.165, 1.54) is 11.8 Å². The second-order valence-corrected chi connectivity index (χ2v) is 9.43. The molecule has 1 atom stereocenters. The van der Waals surface area contributed by atoms with E-state index in [1.807, 2.05) is 40.7 Å². The Morgan fingerprint density at radius 2 is 1.97 bits per heavy atom. The number of likely N-dealkylation sites (tertiary alicyclic amines) is 1. The molecule has 176 valence electrons. The first-order valence-corrected chi connectivity index (χ1v) is 12.4. The SMILES string of the molecule is C=CCn1c(SCC(=O)Nc2ccccc2C)nnc1C1CCCN1C(=O)c1ccc(Cl)cc1.